The minimum Gasteiger partial charge on any atom is -0.369 e. The quantitative estimate of drug-likeness (QED) is 0.609. The molecule has 0 amide bonds. The number of rotatable bonds is 7. The molecule has 0 atom stereocenters. The summed E-state index contributed by atoms with van der Waals surface area (Å²) in [5.41, 5.74) is 2.22. The molecule has 0 saturated heterocycles. The van der Waals surface area contributed by atoms with Gasteiger partial charge in [0.2, 0.25) is 10.0 Å². The van der Waals surface area contributed by atoms with Crippen molar-refractivity contribution in [2.75, 3.05) is 13.8 Å². The van der Waals surface area contributed by atoms with Crippen LogP contribution in [0.5, 0.6) is 0 Å². The van der Waals surface area contributed by atoms with Crippen LogP contribution in [0.15, 0.2) is 41.3 Å². The van der Waals surface area contributed by atoms with Crippen molar-refractivity contribution in [3.05, 3.63) is 42.0 Å². The highest BCUT2D eigenvalue weighted by Gasteiger charge is 2.12. The average Bonchev–Trinajstić information content (AvgIpc) is 2.34. The summed E-state index contributed by atoms with van der Waals surface area (Å²) in [6, 6.07) is 6.85. The Morgan fingerprint density at radius 3 is 2.44 bits per heavy atom. The first-order chi connectivity index (χ1) is 8.45. The summed E-state index contributed by atoms with van der Waals surface area (Å²) in [5, 5.41) is 0. The predicted octanol–water partition coefficient (Wildman–Crippen LogP) is 2.08. The lowest BCUT2D eigenvalue weighted by Gasteiger charge is -2.07. The monoisotopic (exact) mass is 269 g/mol. The van der Waals surface area contributed by atoms with E-state index in [9.17, 15) is 8.42 Å². The number of hydrogen-bond acceptors (Lipinski definition) is 3. The maximum atomic E-state index is 11.8. The second kappa shape index (κ2) is 6.68. The van der Waals surface area contributed by atoms with E-state index in [1.54, 1.807) is 12.1 Å². The molecule has 100 valence electrons. The van der Waals surface area contributed by atoms with Gasteiger partial charge in [0.05, 0.1) is 4.90 Å². The second-order valence-electron chi connectivity index (χ2n) is 4.18. The van der Waals surface area contributed by atoms with Crippen molar-refractivity contribution in [2.45, 2.75) is 24.7 Å². The minimum atomic E-state index is -3.46. The van der Waals surface area contributed by atoms with Crippen LogP contribution in [0.1, 0.15) is 18.9 Å². The van der Waals surface area contributed by atoms with Gasteiger partial charge in [-0.15, -0.1) is 6.58 Å². The first kappa shape index (κ1) is 14.9. The summed E-state index contributed by atoms with van der Waals surface area (Å²) >= 11 is 0. The molecule has 1 N–H and O–H groups in total. The first-order valence-corrected chi connectivity index (χ1v) is 7.16. The molecule has 0 bridgehead atoms. The van der Waals surface area contributed by atoms with E-state index in [1.807, 2.05) is 19.1 Å². The van der Waals surface area contributed by atoms with Gasteiger partial charge in [-0.3, -0.25) is 0 Å². The highest BCUT2D eigenvalue weighted by molar-refractivity contribution is 7.89. The van der Waals surface area contributed by atoms with Crippen molar-refractivity contribution >= 4 is 10.0 Å². The molecule has 4 nitrogen and oxygen atoms in total. The fourth-order valence-corrected chi connectivity index (χ4v) is 2.35. The van der Waals surface area contributed by atoms with Crippen LogP contribution in [-0.4, -0.2) is 22.3 Å². The number of aryl methyl sites for hydroxylation is 1. The number of allylic oxidation sites excluding steroid dienone is 1. The molecule has 0 aliphatic heterocycles. The second-order valence-corrected chi connectivity index (χ2v) is 5.95. The van der Waals surface area contributed by atoms with Crippen molar-refractivity contribution < 1.29 is 13.2 Å². The molecule has 0 spiro atoms. The van der Waals surface area contributed by atoms with E-state index in [4.69, 9.17) is 0 Å². The number of sulfonamides is 1. The van der Waals surface area contributed by atoms with Gasteiger partial charge in [0.15, 0.2) is 0 Å². The molecular formula is C13H19NO3S. The van der Waals surface area contributed by atoms with E-state index in [0.717, 1.165) is 24.0 Å². The molecule has 18 heavy (non-hydrogen) atoms. The summed E-state index contributed by atoms with van der Waals surface area (Å²) < 4.78 is 30.5. The van der Waals surface area contributed by atoms with Gasteiger partial charge in [0, 0.05) is 7.11 Å². The molecule has 0 aromatic heterocycles. The number of hydrogen-bond donors (Lipinski definition) is 1. The van der Waals surface area contributed by atoms with E-state index >= 15 is 0 Å². The normalized spacial score (nSPS) is 11.4. The van der Waals surface area contributed by atoms with Gasteiger partial charge in [0.1, 0.15) is 6.73 Å². The van der Waals surface area contributed by atoms with Crippen LogP contribution in [0.3, 0.4) is 0 Å². The Hall–Kier alpha value is -1.17. The third-order valence-electron chi connectivity index (χ3n) is 2.47. The van der Waals surface area contributed by atoms with Gasteiger partial charge in [-0.05, 0) is 37.5 Å². The van der Waals surface area contributed by atoms with E-state index in [2.05, 4.69) is 16.0 Å². The Morgan fingerprint density at radius 2 is 1.94 bits per heavy atom. The van der Waals surface area contributed by atoms with Crippen molar-refractivity contribution in [1.29, 1.82) is 0 Å². The topological polar surface area (TPSA) is 55.4 Å². The predicted molar refractivity (Wildman–Crippen MR) is 71.8 cm³/mol. The van der Waals surface area contributed by atoms with E-state index in [-0.39, 0.29) is 11.6 Å². The fraction of sp³-hybridized carbons (Fsp3) is 0.385. The van der Waals surface area contributed by atoms with Crippen LogP contribution >= 0.6 is 0 Å². The lowest BCUT2D eigenvalue weighted by atomic mass is 10.1. The van der Waals surface area contributed by atoms with Crippen molar-refractivity contribution in [3.63, 3.8) is 0 Å². The zero-order valence-corrected chi connectivity index (χ0v) is 11.6. The molecule has 1 aromatic carbocycles. The molecule has 0 aliphatic rings. The van der Waals surface area contributed by atoms with Crippen LogP contribution in [0.25, 0.3) is 0 Å². The van der Waals surface area contributed by atoms with Crippen molar-refractivity contribution in [2.24, 2.45) is 0 Å². The van der Waals surface area contributed by atoms with Crippen molar-refractivity contribution in [1.82, 2.24) is 4.72 Å². The van der Waals surface area contributed by atoms with Gasteiger partial charge < -0.3 is 4.74 Å². The highest BCUT2D eigenvalue weighted by atomic mass is 32.2. The molecule has 1 rings (SSSR count). The minimum absolute atomic E-state index is 0.0280. The molecular weight excluding hydrogens is 250 g/mol. The molecule has 0 heterocycles. The summed E-state index contributed by atoms with van der Waals surface area (Å²) in [6.07, 6.45) is 1.79. The lowest BCUT2D eigenvalue weighted by molar-refractivity contribution is 0.194. The smallest absolute Gasteiger partial charge is 0.242 e. The maximum Gasteiger partial charge on any atom is 0.242 e. The van der Waals surface area contributed by atoms with Gasteiger partial charge >= 0.3 is 0 Å². The summed E-state index contributed by atoms with van der Waals surface area (Å²) in [6.45, 7) is 5.79. The van der Waals surface area contributed by atoms with E-state index < -0.39 is 10.0 Å². The molecule has 0 fully saturated rings. The Balaban J connectivity index is 2.73. The zero-order valence-electron chi connectivity index (χ0n) is 10.8. The van der Waals surface area contributed by atoms with E-state index in [0.29, 0.717) is 0 Å². The third-order valence-corrected chi connectivity index (χ3v) is 3.86. The highest BCUT2D eigenvalue weighted by Crippen LogP contribution is 2.13. The SMILES string of the molecule is C=C(C)CCc1ccc(S(=O)(=O)NCOC)cc1. The lowest BCUT2D eigenvalue weighted by Crippen LogP contribution is -2.25. The molecule has 1 aromatic rings. The van der Waals surface area contributed by atoms with Crippen LogP contribution in [0.4, 0.5) is 0 Å². The Kier molecular flexibility index (Phi) is 5.53. The van der Waals surface area contributed by atoms with Crippen LogP contribution in [0, 0.1) is 0 Å². The van der Waals surface area contributed by atoms with Gasteiger partial charge in [-0.1, -0.05) is 17.7 Å². The molecule has 0 radical (unpaired) electrons. The van der Waals surface area contributed by atoms with Crippen molar-refractivity contribution in [3.8, 4) is 0 Å². The maximum absolute atomic E-state index is 11.8. The van der Waals surface area contributed by atoms with Gasteiger partial charge in [-0.2, -0.15) is 4.72 Å². The van der Waals surface area contributed by atoms with Crippen LogP contribution < -0.4 is 4.72 Å². The van der Waals surface area contributed by atoms with Crippen LogP contribution in [-0.2, 0) is 21.2 Å². The first-order valence-electron chi connectivity index (χ1n) is 5.67. The standard InChI is InChI=1S/C13H19NO3S/c1-11(2)4-5-12-6-8-13(9-7-12)18(15,16)14-10-17-3/h6-9,14H,1,4-5,10H2,2-3H3. The molecule has 0 aliphatic carbocycles. The number of nitrogens with one attached hydrogen (secondary N) is 1. The number of benzene rings is 1. The van der Waals surface area contributed by atoms with Gasteiger partial charge in [0.25, 0.3) is 0 Å². The molecule has 5 heteroatoms. The Bertz CT molecular complexity index is 491. The Labute approximate surface area is 109 Å². The summed E-state index contributed by atoms with van der Waals surface area (Å²) in [4.78, 5) is 0.249. The fourth-order valence-electron chi connectivity index (χ4n) is 1.41. The summed E-state index contributed by atoms with van der Waals surface area (Å²) in [5.74, 6) is 0. The summed E-state index contributed by atoms with van der Waals surface area (Å²) in [7, 11) is -2.03. The van der Waals surface area contributed by atoms with Crippen LogP contribution in [0.2, 0.25) is 0 Å². The average molecular weight is 269 g/mol. The number of methoxy groups -OCH3 is 1. The van der Waals surface area contributed by atoms with E-state index in [1.165, 1.54) is 7.11 Å². The van der Waals surface area contributed by atoms with Gasteiger partial charge in [-0.25, -0.2) is 8.42 Å². The molecule has 0 unspecified atom stereocenters. The zero-order chi connectivity index (χ0) is 13.6. The Morgan fingerprint density at radius 1 is 1.33 bits per heavy atom. The largest absolute Gasteiger partial charge is 0.369 e. The molecule has 0 saturated carbocycles. The third kappa shape index (κ3) is 4.60. The number of ether oxygens (including phenoxy) is 1.